The highest BCUT2D eigenvalue weighted by Crippen LogP contribution is 2.35. The van der Waals surface area contributed by atoms with Crippen LogP contribution in [0.1, 0.15) is 30.1 Å². The quantitative estimate of drug-likeness (QED) is 0.861. The molecule has 2 N–H and O–H groups in total. The summed E-state index contributed by atoms with van der Waals surface area (Å²) in [4.78, 5) is 0. The SMILES string of the molecule is COc1ccc(C(O)[C@@H](c2ccc(OC)cc2)[C@H](C)O)cc1. The van der Waals surface area contributed by atoms with Crippen LogP contribution in [0.15, 0.2) is 48.5 Å². The van der Waals surface area contributed by atoms with Crippen molar-refractivity contribution in [2.45, 2.75) is 25.0 Å². The van der Waals surface area contributed by atoms with Gasteiger partial charge in [0, 0.05) is 5.92 Å². The Morgan fingerprint density at radius 1 is 0.727 bits per heavy atom. The third-order valence-electron chi connectivity index (χ3n) is 3.82. The van der Waals surface area contributed by atoms with E-state index < -0.39 is 18.1 Å². The molecule has 2 aromatic rings. The van der Waals surface area contributed by atoms with Gasteiger partial charge in [-0.2, -0.15) is 0 Å². The van der Waals surface area contributed by atoms with E-state index in [-0.39, 0.29) is 0 Å². The lowest BCUT2D eigenvalue weighted by Gasteiger charge is -2.26. The molecule has 0 aliphatic rings. The molecule has 4 nitrogen and oxygen atoms in total. The van der Waals surface area contributed by atoms with Crippen LogP contribution < -0.4 is 9.47 Å². The average Bonchev–Trinajstić information content (AvgIpc) is 2.55. The first-order valence-electron chi connectivity index (χ1n) is 7.21. The van der Waals surface area contributed by atoms with Gasteiger partial charge in [0.05, 0.1) is 26.4 Å². The Bertz CT molecular complexity index is 575. The molecular formula is C18H22O4. The fourth-order valence-corrected chi connectivity index (χ4v) is 2.56. The lowest BCUT2D eigenvalue weighted by atomic mass is 9.85. The first-order chi connectivity index (χ1) is 10.6. The van der Waals surface area contributed by atoms with Crippen molar-refractivity contribution in [3.63, 3.8) is 0 Å². The van der Waals surface area contributed by atoms with Crippen LogP contribution in [0.25, 0.3) is 0 Å². The molecule has 0 saturated heterocycles. The zero-order valence-corrected chi connectivity index (χ0v) is 13.1. The highest BCUT2D eigenvalue weighted by atomic mass is 16.5. The molecule has 0 spiro atoms. The molecule has 0 bridgehead atoms. The standard InChI is InChI=1S/C18H22O4/c1-12(19)17(13-4-8-15(21-2)9-5-13)18(20)14-6-10-16(22-3)11-7-14/h4-12,17-20H,1-3H3/t12-,17+,18?/m0/s1. The van der Waals surface area contributed by atoms with Crippen molar-refractivity contribution in [1.29, 1.82) is 0 Å². The Kier molecular flexibility index (Phi) is 5.41. The van der Waals surface area contributed by atoms with Crippen LogP contribution in [0.4, 0.5) is 0 Å². The summed E-state index contributed by atoms with van der Waals surface area (Å²) in [5, 5.41) is 20.8. The van der Waals surface area contributed by atoms with Gasteiger partial charge in [-0.25, -0.2) is 0 Å². The molecule has 0 saturated carbocycles. The topological polar surface area (TPSA) is 58.9 Å². The van der Waals surface area contributed by atoms with E-state index in [4.69, 9.17) is 9.47 Å². The number of hydrogen-bond donors (Lipinski definition) is 2. The number of benzene rings is 2. The first kappa shape index (κ1) is 16.3. The smallest absolute Gasteiger partial charge is 0.118 e. The summed E-state index contributed by atoms with van der Waals surface area (Å²) in [6, 6.07) is 14.6. The molecule has 4 heteroatoms. The minimum Gasteiger partial charge on any atom is -0.497 e. The van der Waals surface area contributed by atoms with Gasteiger partial charge in [0.25, 0.3) is 0 Å². The molecule has 0 amide bonds. The first-order valence-corrected chi connectivity index (χ1v) is 7.21. The third kappa shape index (κ3) is 3.59. The molecule has 3 atom stereocenters. The lowest BCUT2D eigenvalue weighted by molar-refractivity contribution is 0.0618. The van der Waals surface area contributed by atoms with Crippen molar-refractivity contribution >= 4 is 0 Å². The molecule has 0 fully saturated rings. The van der Waals surface area contributed by atoms with E-state index in [0.717, 1.165) is 22.6 Å². The summed E-state index contributed by atoms with van der Waals surface area (Å²) in [6.07, 6.45) is -1.50. The summed E-state index contributed by atoms with van der Waals surface area (Å²) < 4.78 is 10.3. The van der Waals surface area contributed by atoms with Crippen LogP contribution >= 0.6 is 0 Å². The molecule has 0 aromatic heterocycles. The van der Waals surface area contributed by atoms with Crippen molar-refractivity contribution in [2.24, 2.45) is 0 Å². The van der Waals surface area contributed by atoms with E-state index in [2.05, 4.69) is 0 Å². The van der Waals surface area contributed by atoms with Gasteiger partial charge >= 0.3 is 0 Å². The van der Waals surface area contributed by atoms with Crippen LogP contribution in [-0.4, -0.2) is 30.5 Å². The Labute approximate surface area is 130 Å². The number of ether oxygens (including phenoxy) is 2. The second-order valence-electron chi connectivity index (χ2n) is 5.26. The van der Waals surface area contributed by atoms with E-state index in [1.165, 1.54) is 0 Å². The van der Waals surface area contributed by atoms with E-state index in [1.807, 2.05) is 36.4 Å². The van der Waals surface area contributed by atoms with E-state index in [0.29, 0.717) is 0 Å². The monoisotopic (exact) mass is 302 g/mol. The molecule has 1 unspecified atom stereocenters. The summed E-state index contributed by atoms with van der Waals surface area (Å²) in [5.41, 5.74) is 1.60. The molecule has 2 aromatic carbocycles. The number of hydrogen-bond acceptors (Lipinski definition) is 4. The molecule has 0 aliphatic heterocycles. The summed E-state index contributed by atoms with van der Waals surface area (Å²) in [5.74, 6) is 1.06. The van der Waals surface area contributed by atoms with Crippen LogP contribution in [-0.2, 0) is 0 Å². The average molecular weight is 302 g/mol. The molecule has 0 radical (unpaired) electrons. The van der Waals surface area contributed by atoms with Crippen LogP contribution in [0.5, 0.6) is 11.5 Å². The summed E-state index contributed by atoms with van der Waals surface area (Å²) in [6.45, 7) is 1.68. The van der Waals surface area contributed by atoms with E-state index in [1.54, 1.807) is 33.3 Å². The van der Waals surface area contributed by atoms with Gasteiger partial charge in [0.15, 0.2) is 0 Å². The van der Waals surface area contributed by atoms with Crippen molar-refractivity contribution in [1.82, 2.24) is 0 Å². The predicted octanol–water partition coefficient (Wildman–Crippen LogP) is 2.90. The zero-order chi connectivity index (χ0) is 16.1. The Hall–Kier alpha value is -2.04. The van der Waals surface area contributed by atoms with Gasteiger partial charge in [-0.3, -0.25) is 0 Å². The fraction of sp³-hybridized carbons (Fsp3) is 0.333. The lowest BCUT2D eigenvalue weighted by Crippen LogP contribution is -2.22. The zero-order valence-electron chi connectivity index (χ0n) is 13.1. The molecule has 0 heterocycles. The van der Waals surface area contributed by atoms with Gasteiger partial charge in [0.1, 0.15) is 11.5 Å². The Balaban J connectivity index is 2.28. The molecular weight excluding hydrogens is 280 g/mol. The minimum absolute atomic E-state index is 0.417. The van der Waals surface area contributed by atoms with Crippen LogP contribution in [0, 0.1) is 0 Å². The second kappa shape index (κ2) is 7.29. The molecule has 0 aliphatic carbocycles. The summed E-state index contributed by atoms with van der Waals surface area (Å²) in [7, 11) is 3.20. The van der Waals surface area contributed by atoms with Gasteiger partial charge in [0.2, 0.25) is 0 Å². The van der Waals surface area contributed by atoms with Gasteiger partial charge in [-0.1, -0.05) is 24.3 Å². The predicted molar refractivity (Wildman–Crippen MR) is 85.4 cm³/mol. The van der Waals surface area contributed by atoms with Gasteiger partial charge < -0.3 is 19.7 Å². The van der Waals surface area contributed by atoms with Crippen molar-refractivity contribution in [3.8, 4) is 11.5 Å². The van der Waals surface area contributed by atoms with E-state index >= 15 is 0 Å². The number of aliphatic hydroxyl groups is 2. The Morgan fingerprint density at radius 2 is 1.14 bits per heavy atom. The summed E-state index contributed by atoms with van der Waals surface area (Å²) >= 11 is 0. The normalized spacial score (nSPS) is 15.0. The van der Waals surface area contributed by atoms with Crippen LogP contribution in [0.2, 0.25) is 0 Å². The molecule has 22 heavy (non-hydrogen) atoms. The van der Waals surface area contributed by atoms with Crippen molar-refractivity contribution in [2.75, 3.05) is 14.2 Å². The van der Waals surface area contributed by atoms with Crippen molar-refractivity contribution in [3.05, 3.63) is 59.7 Å². The maximum absolute atomic E-state index is 10.7. The van der Waals surface area contributed by atoms with E-state index in [9.17, 15) is 10.2 Å². The van der Waals surface area contributed by atoms with Gasteiger partial charge in [-0.15, -0.1) is 0 Å². The van der Waals surface area contributed by atoms with Gasteiger partial charge in [-0.05, 0) is 42.3 Å². The second-order valence-corrected chi connectivity index (χ2v) is 5.26. The maximum atomic E-state index is 10.7. The fourth-order valence-electron chi connectivity index (χ4n) is 2.56. The highest BCUT2D eigenvalue weighted by Gasteiger charge is 2.27. The number of methoxy groups -OCH3 is 2. The molecule has 2 rings (SSSR count). The highest BCUT2D eigenvalue weighted by molar-refractivity contribution is 5.34. The number of rotatable bonds is 6. The third-order valence-corrected chi connectivity index (χ3v) is 3.82. The van der Waals surface area contributed by atoms with Crippen LogP contribution in [0.3, 0.4) is 0 Å². The largest absolute Gasteiger partial charge is 0.497 e. The molecule has 118 valence electrons. The maximum Gasteiger partial charge on any atom is 0.118 e. The minimum atomic E-state index is -0.806. The Morgan fingerprint density at radius 3 is 1.50 bits per heavy atom. The number of aliphatic hydroxyl groups excluding tert-OH is 2. The van der Waals surface area contributed by atoms with Crippen molar-refractivity contribution < 1.29 is 19.7 Å².